The fourth-order valence-corrected chi connectivity index (χ4v) is 2.86. The number of hydrogen-bond donors (Lipinski definition) is 1. The number of pyridine rings is 2. The predicted molar refractivity (Wildman–Crippen MR) is 101 cm³/mol. The molecule has 0 saturated carbocycles. The molecule has 0 fully saturated rings. The first-order valence-electron chi connectivity index (χ1n) is 7.74. The van der Waals surface area contributed by atoms with Gasteiger partial charge in [-0.25, -0.2) is 9.37 Å². The maximum absolute atomic E-state index is 12.7. The minimum absolute atomic E-state index is 0.292. The van der Waals surface area contributed by atoms with E-state index in [1.165, 1.54) is 6.07 Å². The van der Waals surface area contributed by atoms with Crippen molar-refractivity contribution in [3.8, 4) is 11.3 Å². The SMILES string of the molecule is Cc1nc(CF)ccc1C(=O)Nc1ccc(Cl)c(-c2cccc(Cl)n2)c1. The first kappa shape index (κ1) is 18.3. The van der Waals surface area contributed by atoms with Crippen molar-refractivity contribution >= 4 is 34.8 Å². The third-order valence-corrected chi connectivity index (χ3v) is 4.28. The normalized spacial score (nSPS) is 10.6. The van der Waals surface area contributed by atoms with Gasteiger partial charge in [0.1, 0.15) is 11.8 Å². The summed E-state index contributed by atoms with van der Waals surface area (Å²) in [5.41, 5.74) is 2.92. The number of halogens is 3. The molecule has 0 atom stereocenters. The first-order chi connectivity index (χ1) is 12.5. The van der Waals surface area contributed by atoms with E-state index in [0.29, 0.717) is 44.1 Å². The highest BCUT2D eigenvalue weighted by atomic mass is 35.5. The van der Waals surface area contributed by atoms with Crippen LogP contribution in [0.15, 0.2) is 48.5 Å². The van der Waals surface area contributed by atoms with Gasteiger partial charge in [0.15, 0.2) is 0 Å². The second kappa shape index (κ2) is 7.81. The van der Waals surface area contributed by atoms with Crippen molar-refractivity contribution in [1.82, 2.24) is 9.97 Å². The quantitative estimate of drug-likeness (QED) is 0.600. The van der Waals surface area contributed by atoms with Gasteiger partial charge >= 0.3 is 0 Å². The van der Waals surface area contributed by atoms with Gasteiger partial charge in [-0.05, 0) is 49.4 Å². The number of aromatic nitrogens is 2. The largest absolute Gasteiger partial charge is 0.322 e. The maximum Gasteiger partial charge on any atom is 0.257 e. The van der Waals surface area contributed by atoms with Crippen LogP contribution < -0.4 is 5.32 Å². The van der Waals surface area contributed by atoms with Gasteiger partial charge in [-0.15, -0.1) is 0 Å². The first-order valence-corrected chi connectivity index (χ1v) is 8.50. The summed E-state index contributed by atoms with van der Waals surface area (Å²) >= 11 is 12.2. The number of carbonyl (C=O) groups is 1. The molecule has 7 heteroatoms. The van der Waals surface area contributed by atoms with Gasteiger partial charge in [-0.2, -0.15) is 0 Å². The lowest BCUT2D eigenvalue weighted by Crippen LogP contribution is -2.14. The standard InChI is InChI=1S/C19H14Cl2FN3O/c1-11-14(7-5-13(10-22)23-11)19(26)24-12-6-8-16(20)15(9-12)17-3-2-4-18(21)25-17/h2-9H,10H2,1H3,(H,24,26). The van der Waals surface area contributed by atoms with Crippen LogP contribution in [0.4, 0.5) is 10.1 Å². The Morgan fingerprint density at radius 1 is 1.12 bits per heavy atom. The minimum Gasteiger partial charge on any atom is -0.322 e. The average Bonchev–Trinajstić information content (AvgIpc) is 2.63. The number of hydrogen-bond acceptors (Lipinski definition) is 3. The maximum atomic E-state index is 12.7. The number of benzene rings is 1. The molecule has 2 aromatic heterocycles. The molecule has 26 heavy (non-hydrogen) atoms. The Hall–Kier alpha value is -2.50. The number of anilines is 1. The Morgan fingerprint density at radius 3 is 2.62 bits per heavy atom. The molecule has 0 aliphatic carbocycles. The van der Waals surface area contributed by atoms with Gasteiger partial charge in [0.05, 0.1) is 27.7 Å². The van der Waals surface area contributed by atoms with Crippen molar-refractivity contribution in [3.63, 3.8) is 0 Å². The van der Waals surface area contributed by atoms with E-state index in [-0.39, 0.29) is 5.91 Å². The number of carbonyl (C=O) groups excluding carboxylic acids is 1. The summed E-state index contributed by atoms with van der Waals surface area (Å²) in [6.07, 6.45) is 0. The predicted octanol–water partition coefficient (Wildman–Crippen LogP) is 5.48. The molecule has 132 valence electrons. The molecule has 0 saturated heterocycles. The van der Waals surface area contributed by atoms with Crippen LogP contribution in [-0.2, 0) is 6.67 Å². The zero-order chi connectivity index (χ0) is 18.7. The summed E-state index contributed by atoms with van der Waals surface area (Å²) in [7, 11) is 0. The van der Waals surface area contributed by atoms with Crippen LogP contribution in [0.2, 0.25) is 10.2 Å². The number of alkyl halides is 1. The molecule has 3 aromatic rings. The molecule has 0 spiro atoms. The fraction of sp³-hybridized carbons (Fsp3) is 0.105. The highest BCUT2D eigenvalue weighted by Crippen LogP contribution is 2.30. The van der Waals surface area contributed by atoms with Crippen LogP contribution in [-0.4, -0.2) is 15.9 Å². The van der Waals surface area contributed by atoms with Gasteiger partial charge < -0.3 is 5.32 Å². The van der Waals surface area contributed by atoms with E-state index in [0.717, 1.165) is 0 Å². The molecule has 0 unspecified atom stereocenters. The molecular formula is C19H14Cl2FN3O. The smallest absolute Gasteiger partial charge is 0.257 e. The summed E-state index contributed by atoms with van der Waals surface area (Å²) in [5.74, 6) is -0.340. The van der Waals surface area contributed by atoms with Gasteiger partial charge in [0, 0.05) is 11.3 Å². The summed E-state index contributed by atoms with van der Waals surface area (Å²) in [6.45, 7) is 0.993. The molecular weight excluding hydrogens is 376 g/mol. The summed E-state index contributed by atoms with van der Waals surface area (Å²) in [4.78, 5) is 20.8. The monoisotopic (exact) mass is 389 g/mol. The molecule has 4 nitrogen and oxygen atoms in total. The Labute approximate surface area is 160 Å². The third-order valence-electron chi connectivity index (χ3n) is 3.74. The lowest BCUT2D eigenvalue weighted by Gasteiger charge is -2.11. The summed E-state index contributed by atoms with van der Waals surface area (Å²) < 4.78 is 12.7. The van der Waals surface area contributed by atoms with E-state index >= 15 is 0 Å². The zero-order valence-corrected chi connectivity index (χ0v) is 15.3. The van der Waals surface area contributed by atoms with Gasteiger partial charge in [-0.1, -0.05) is 29.3 Å². The van der Waals surface area contributed by atoms with Crippen LogP contribution in [0.1, 0.15) is 21.7 Å². The molecule has 2 heterocycles. The highest BCUT2D eigenvalue weighted by molar-refractivity contribution is 6.33. The molecule has 3 rings (SSSR count). The number of nitrogens with one attached hydrogen (secondary N) is 1. The summed E-state index contributed by atoms with van der Waals surface area (Å²) in [6, 6.07) is 13.3. The van der Waals surface area contributed by atoms with Crippen LogP contribution >= 0.6 is 23.2 Å². The van der Waals surface area contributed by atoms with Gasteiger partial charge in [0.2, 0.25) is 0 Å². The number of nitrogens with zero attached hydrogens (tertiary/aromatic N) is 2. The minimum atomic E-state index is -0.671. The zero-order valence-electron chi connectivity index (χ0n) is 13.8. The van der Waals surface area contributed by atoms with E-state index in [1.54, 1.807) is 49.4 Å². The van der Waals surface area contributed by atoms with E-state index < -0.39 is 6.67 Å². The van der Waals surface area contributed by atoms with Crippen molar-refractivity contribution in [2.24, 2.45) is 0 Å². The summed E-state index contributed by atoms with van der Waals surface area (Å²) in [5, 5.41) is 3.63. The van der Waals surface area contributed by atoms with E-state index in [9.17, 15) is 9.18 Å². The van der Waals surface area contributed by atoms with Gasteiger partial charge in [0.25, 0.3) is 5.91 Å². The number of amides is 1. The number of rotatable bonds is 4. The molecule has 1 aromatic carbocycles. The van der Waals surface area contributed by atoms with Crippen molar-refractivity contribution in [3.05, 3.63) is 75.7 Å². The van der Waals surface area contributed by atoms with Crippen molar-refractivity contribution in [2.45, 2.75) is 13.6 Å². The van der Waals surface area contributed by atoms with Crippen LogP contribution in [0, 0.1) is 6.92 Å². The molecule has 1 amide bonds. The second-order valence-electron chi connectivity index (χ2n) is 5.56. The molecule has 0 radical (unpaired) electrons. The van der Waals surface area contributed by atoms with Gasteiger partial charge in [-0.3, -0.25) is 9.78 Å². The fourth-order valence-electron chi connectivity index (χ4n) is 2.48. The van der Waals surface area contributed by atoms with Crippen molar-refractivity contribution < 1.29 is 9.18 Å². The van der Waals surface area contributed by atoms with Crippen LogP contribution in [0.25, 0.3) is 11.3 Å². The topological polar surface area (TPSA) is 54.9 Å². The molecule has 0 aliphatic heterocycles. The molecule has 0 bridgehead atoms. The Bertz CT molecular complexity index is 979. The van der Waals surface area contributed by atoms with E-state index in [1.807, 2.05) is 0 Å². The third kappa shape index (κ3) is 4.00. The Balaban J connectivity index is 1.89. The molecule has 0 aliphatic rings. The lowest BCUT2D eigenvalue weighted by atomic mass is 10.1. The van der Waals surface area contributed by atoms with E-state index in [4.69, 9.17) is 23.2 Å². The van der Waals surface area contributed by atoms with Crippen LogP contribution in [0.5, 0.6) is 0 Å². The highest BCUT2D eigenvalue weighted by Gasteiger charge is 2.13. The van der Waals surface area contributed by atoms with Crippen molar-refractivity contribution in [2.75, 3.05) is 5.32 Å². The Kier molecular flexibility index (Phi) is 5.49. The lowest BCUT2D eigenvalue weighted by molar-refractivity contribution is 0.102. The Morgan fingerprint density at radius 2 is 1.92 bits per heavy atom. The second-order valence-corrected chi connectivity index (χ2v) is 6.36. The van der Waals surface area contributed by atoms with Crippen LogP contribution in [0.3, 0.4) is 0 Å². The molecule has 1 N–H and O–H groups in total. The average molecular weight is 390 g/mol. The van der Waals surface area contributed by atoms with E-state index in [2.05, 4.69) is 15.3 Å². The number of aryl methyl sites for hydroxylation is 1. The van der Waals surface area contributed by atoms with Crippen molar-refractivity contribution in [1.29, 1.82) is 0 Å².